The summed E-state index contributed by atoms with van der Waals surface area (Å²) < 4.78 is 33.8. The molecule has 1 saturated heterocycles. The van der Waals surface area contributed by atoms with Crippen LogP contribution in [0.3, 0.4) is 0 Å². The van der Waals surface area contributed by atoms with Crippen molar-refractivity contribution in [2.75, 3.05) is 13.7 Å². The number of hydrogen-bond acceptors (Lipinski definition) is 6. The number of carbonyl (C=O) groups is 2. The molecule has 0 spiro atoms. The van der Waals surface area contributed by atoms with E-state index in [9.17, 15) is 28.0 Å². The van der Waals surface area contributed by atoms with Gasteiger partial charge in [0.1, 0.15) is 23.7 Å². The number of likely N-dealkylation sites (tertiary alicyclic amines) is 1. The van der Waals surface area contributed by atoms with Crippen LogP contribution in [0.25, 0.3) is 11.0 Å². The summed E-state index contributed by atoms with van der Waals surface area (Å²) in [4.78, 5) is 54.4. The zero-order valence-corrected chi connectivity index (χ0v) is 30.4. The topological polar surface area (TPSA) is 142 Å². The number of terminal acetylenes is 2. The molecule has 1 aromatic carbocycles. The summed E-state index contributed by atoms with van der Waals surface area (Å²) in [7, 11) is 1.51. The first-order chi connectivity index (χ1) is 22.8. The molecule has 2 fully saturated rings. The van der Waals surface area contributed by atoms with Gasteiger partial charge in [0.05, 0.1) is 18.1 Å². The van der Waals surface area contributed by atoms with E-state index in [1.54, 1.807) is 39.0 Å². The van der Waals surface area contributed by atoms with Crippen molar-refractivity contribution in [2.45, 2.75) is 103 Å². The largest absolute Gasteiger partial charge is 0.540 e. The summed E-state index contributed by atoms with van der Waals surface area (Å²) in [5, 5.41) is 11.1. The number of ether oxygens (including phenoxy) is 1. The van der Waals surface area contributed by atoms with Crippen molar-refractivity contribution in [2.24, 2.45) is 17.3 Å². The number of H-pyrrole nitrogens is 1. The number of rotatable bonds is 10. The normalized spacial score (nSPS) is 18.8. The molecule has 2 aliphatic rings. The number of benzene rings is 1. The number of fused-ring (bicyclic) bond motifs is 1. The number of aromatic nitrogens is 2. The van der Waals surface area contributed by atoms with Crippen LogP contribution in [-0.2, 0) is 28.1 Å². The first-order valence-electron chi connectivity index (χ1n) is 16.0. The van der Waals surface area contributed by atoms with Gasteiger partial charge >= 0.3 is 6.09 Å². The summed E-state index contributed by atoms with van der Waals surface area (Å²) in [6, 6.07) is 3.45. The zero-order chi connectivity index (χ0) is 36.6. The standard InChI is InChI=1S/C19H24F2N2O2.C13H21N2O4.2C2H2.V/c1-25-13-9-10-15-16(11-13)23-19(24)18(22-15)17(21)14(20)8-4-7-12-5-2-3-6-12;1-8-5-6-15(9(8)7-16)11(17)10(13(2,3)4)14-12(18)19;2*1-2;/h9-12,14,17H,2-8H2,1H3,(H,23,24);8-10,14H,5-6H2,1-4H3,(H,18,19);2*1-2H;/q;-1;;;/t;8-,9-,10-;;;/m.1.../s1. The average molecular weight is 723 g/mol. The Hall–Kier alpha value is -3.87. The number of amides is 2. The first-order valence-corrected chi connectivity index (χ1v) is 16.0. The van der Waals surface area contributed by atoms with E-state index in [0.29, 0.717) is 35.7 Å². The molecule has 0 bridgehead atoms. The number of methoxy groups -OCH3 is 1. The third-order valence-electron chi connectivity index (χ3n) is 8.56. The third-order valence-corrected chi connectivity index (χ3v) is 8.56. The van der Waals surface area contributed by atoms with Crippen LogP contribution >= 0.6 is 0 Å². The smallest absolute Gasteiger partial charge is 0.405 e. The maximum absolute atomic E-state index is 14.5. The minimum atomic E-state index is -2.00. The van der Waals surface area contributed by atoms with Crippen molar-refractivity contribution < 1.29 is 51.6 Å². The van der Waals surface area contributed by atoms with Gasteiger partial charge in [-0.05, 0) is 42.2 Å². The van der Waals surface area contributed by atoms with Crippen molar-refractivity contribution in [1.82, 2.24) is 20.2 Å². The van der Waals surface area contributed by atoms with Crippen LogP contribution in [0.15, 0.2) is 23.0 Å². The van der Waals surface area contributed by atoms with Gasteiger partial charge in [0.25, 0.3) is 5.56 Å². The monoisotopic (exact) mass is 722 g/mol. The van der Waals surface area contributed by atoms with Crippen molar-refractivity contribution >= 4 is 29.3 Å². The van der Waals surface area contributed by atoms with E-state index in [1.165, 1.54) is 37.7 Å². The van der Waals surface area contributed by atoms with E-state index in [0.717, 1.165) is 12.8 Å². The fourth-order valence-electron chi connectivity index (χ4n) is 5.92. The number of aromatic amines is 1. The van der Waals surface area contributed by atoms with Crippen molar-refractivity contribution in [1.29, 1.82) is 0 Å². The van der Waals surface area contributed by atoms with Gasteiger partial charge < -0.3 is 29.8 Å². The molecule has 1 saturated carbocycles. The molecular formula is C36H49F2N4O6V-. The molecule has 2 heterocycles. The molecule has 1 aliphatic carbocycles. The van der Waals surface area contributed by atoms with E-state index in [4.69, 9.17) is 9.84 Å². The second-order valence-corrected chi connectivity index (χ2v) is 12.9. The number of nitrogens with zero attached hydrogens (tertiary/aromatic N) is 2. The number of halogens is 2. The molecule has 13 heteroatoms. The zero-order valence-electron chi connectivity index (χ0n) is 29.0. The Kier molecular flexibility index (Phi) is 20.2. The Morgan fingerprint density at radius 2 is 1.78 bits per heavy atom. The summed E-state index contributed by atoms with van der Waals surface area (Å²) in [5.74, 6) is 0.923. The maximum atomic E-state index is 14.5. The van der Waals surface area contributed by atoms with Crippen molar-refractivity contribution in [3.8, 4) is 31.4 Å². The first kappa shape index (κ1) is 45.1. The Labute approximate surface area is 300 Å². The SMILES string of the molecule is C#C.C#C.COc1ccc2nc(C(F)C(F)CCCC3CCCC3)c(=O)[nH]c2c1.C[C@@H]1CCN(C(=O)[C@@H](NC(=O)O)C(C)(C)C)[C@@H]1[C-]=O.[V]. The van der Waals surface area contributed by atoms with Gasteiger partial charge in [-0.1, -0.05) is 72.3 Å². The number of nitrogens with one attached hydrogen (secondary N) is 2. The molecule has 2 aromatic rings. The predicted molar refractivity (Wildman–Crippen MR) is 183 cm³/mol. The van der Waals surface area contributed by atoms with Crippen LogP contribution in [0.1, 0.15) is 90.9 Å². The van der Waals surface area contributed by atoms with Gasteiger partial charge in [0.2, 0.25) is 5.91 Å². The summed E-state index contributed by atoms with van der Waals surface area (Å²) in [6.07, 6.45) is 20.3. The Morgan fingerprint density at radius 3 is 2.31 bits per heavy atom. The predicted octanol–water partition coefficient (Wildman–Crippen LogP) is 6.15. The molecule has 10 nitrogen and oxygen atoms in total. The number of hydrogen-bond donors (Lipinski definition) is 3. The van der Waals surface area contributed by atoms with E-state index in [2.05, 4.69) is 41.0 Å². The molecule has 3 N–H and O–H groups in total. The summed E-state index contributed by atoms with van der Waals surface area (Å²) >= 11 is 0. The molecule has 1 aliphatic heterocycles. The van der Waals surface area contributed by atoms with Gasteiger partial charge in [-0.25, -0.2) is 24.8 Å². The molecule has 5 atom stereocenters. The van der Waals surface area contributed by atoms with Gasteiger partial charge in [0.15, 0.2) is 6.17 Å². The Bertz CT molecular complexity index is 1430. The summed E-state index contributed by atoms with van der Waals surface area (Å²) in [5.41, 5.74) is -0.778. The molecule has 1 aromatic heterocycles. The fourth-order valence-corrected chi connectivity index (χ4v) is 5.92. The number of alkyl halides is 2. The van der Waals surface area contributed by atoms with Crippen molar-refractivity contribution in [3.63, 3.8) is 0 Å². The number of carboxylic acid groups (broad SMARTS) is 1. The molecule has 1 radical (unpaired) electrons. The quantitative estimate of drug-likeness (QED) is 0.197. The van der Waals surface area contributed by atoms with Gasteiger partial charge in [-0.15, -0.1) is 25.7 Å². The van der Waals surface area contributed by atoms with Crippen LogP contribution in [0.2, 0.25) is 0 Å². The minimum absolute atomic E-state index is 0. The third kappa shape index (κ3) is 13.2. The van der Waals surface area contributed by atoms with Gasteiger partial charge in [0, 0.05) is 31.2 Å². The molecule has 269 valence electrons. The molecule has 4 rings (SSSR count). The van der Waals surface area contributed by atoms with E-state index in [-0.39, 0.29) is 42.5 Å². The molecular weight excluding hydrogens is 673 g/mol. The summed E-state index contributed by atoms with van der Waals surface area (Å²) in [6.45, 7) is 7.70. The van der Waals surface area contributed by atoms with Crippen LogP contribution < -0.4 is 15.6 Å². The molecule has 2 unspecified atom stereocenters. The van der Waals surface area contributed by atoms with Crippen LogP contribution in [0.4, 0.5) is 13.6 Å². The Balaban J connectivity index is 0.000000864. The Morgan fingerprint density at radius 1 is 1.16 bits per heavy atom. The van der Waals surface area contributed by atoms with Gasteiger partial charge in [-0.3, -0.25) is 9.59 Å². The maximum Gasteiger partial charge on any atom is 0.405 e. The molecule has 2 amide bonds. The second kappa shape index (κ2) is 22.0. The van der Waals surface area contributed by atoms with E-state index >= 15 is 0 Å². The van der Waals surface area contributed by atoms with Gasteiger partial charge in [-0.2, -0.15) is 0 Å². The minimum Gasteiger partial charge on any atom is -0.540 e. The van der Waals surface area contributed by atoms with E-state index < -0.39 is 41.5 Å². The van der Waals surface area contributed by atoms with E-state index in [1.807, 2.05) is 13.2 Å². The van der Waals surface area contributed by atoms with Crippen LogP contribution in [-0.4, -0.2) is 70.2 Å². The average Bonchev–Trinajstić information content (AvgIpc) is 3.73. The second-order valence-electron chi connectivity index (χ2n) is 12.9. The van der Waals surface area contributed by atoms with Crippen LogP contribution in [0.5, 0.6) is 5.75 Å². The van der Waals surface area contributed by atoms with Crippen molar-refractivity contribution in [3.05, 3.63) is 34.2 Å². The number of carbonyl (C=O) groups excluding carboxylic acids is 2. The van der Waals surface area contributed by atoms with Crippen LogP contribution in [0, 0.1) is 42.9 Å². The fraction of sp³-hybridized carbons (Fsp3) is 0.583. The molecule has 49 heavy (non-hydrogen) atoms.